The highest BCUT2D eigenvalue weighted by atomic mass is 16.1. The van der Waals surface area contributed by atoms with Gasteiger partial charge in [-0.05, 0) is 19.3 Å². The van der Waals surface area contributed by atoms with Gasteiger partial charge < -0.3 is 0 Å². The van der Waals surface area contributed by atoms with Gasteiger partial charge in [-0.3, -0.25) is 4.79 Å². The van der Waals surface area contributed by atoms with Crippen molar-refractivity contribution in [2.75, 3.05) is 0 Å². The van der Waals surface area contributed by atoms with Gasteiger partial charge in [-0.1, -0.05) is 50.1 Å². The molecule has 2 rings (SSSR count). The van der Waals surface area contributed by atoms with E-state index < -0.39 is 0 Å². The number of rotatable bonds is 3. The number of hydrogen-bond donors (Lipinski definition) is 0. The Kier molecular flexibility index (Phi) is 2.90. The molecule has 15 heavy (non-hydrogen) atoms. The summed E-state index contributed by atoms with van der Waals surface area (Å²) < 4.78 is 0. The first-order chi connectivity index (χ1) is 7.28. The lowest BCUT2D eigenvalue weighted by Crippen LogP contribution is -2.27. The first-order valence-corrected chi connectivity index (χ1v) is 5.88. The predicted molar refractivity (Wildman–Crippen MR) is 62.0 cm³/mol. The summed E-state index contributed by atoms with van der Waals surface area (Å²) in [4.78, 5) is 12.4. The molecule has 0 heterocycles. The summed E-state index contributed by atoms with van der Waals surface area (Å²) in [7, 11) is 0. The van der Waals surface area contributed by atoms with Crippen LogP contribution in [-0.2, 0) is 0 Å². The molecule has 80 valence electrons. The number of Topliss-reactive ketones (excluding diaryl/α,β-unsaturated/α-hetero) is 1. The number of hydrogen-bond acceptors (Lipinski definition) is 1. The fourth-order valence-corrected chi connectivity index (χ4v) is 2.69. The van der Waals surface area contributed by atoms with Crippen molar-refractivity contribution in [2.45, 2.75) is 39.0 Å². The Balaban J connectivity index is 2.27. The third-order valence-electron chi connectivity index (χ3n) is 3.76. The van der Waals surface area contributed by atoms with Crippen molar-refractivity contribution in [3.05, 3.63) is 35.9 Å². The van der Waals surface area contributed by atoms with Gasteiger partial charge in [0.2, 0.25) is 0 Å². The van der Waals surface area contributed by atoms with E-state index in [-0.39, 0.29) is 5.41 Å². The lowest BCUT2D eigenvalue weighted by Gasteiger charge is -2.25. The van der Waals surface area contributed by atoms with E-state index in [1.165, 1.54) is 12.8 Å². The number of carbonyl (C=O) groups excluding carboxylic acids is 1. The van der Waals surface area contributed by atoms with Crippen LogP contribution in [-0.4, -0.2) is 5.78 Å². The molecule has 0 N–H and O–H groups in total. The number of carbonyl (C=O) groups is 1. The quantitative estimate of drug-likeness (QED) is 0.680. The first-order valence-electron chi connectivity index (χ1n) is 5.88. The Morgan fingerprint density at radius 2 is 1.80 bits per heavy atom. The second-order valence-electron chi connectivity index (χ2n) is 4.54. The number of ketones is 1. The molecule has 0 aromatic heterocycles. The molecule has 0 saturated heterocycles. The van der Waals surface area contributed by atoms with Crippen molar-refractivity contribution < 1.29 is 4.79 Å². The van der Waals surface area contributed by atoms with Crippen LogP contribution in [0.15, 0.2) is 30.3 Å². The van der Waals surface area contributed by atoms with Crippen LogP contribution in [0.4, 0.5) is 0 Å². The van der Waals surface area contributed by atoms with E-state index in [1.54, 1.807) is 0 Å². The van der Waals surface area contributed by atoms with Crippen LogP contribution in [0.5, 0.6) is 0 Å². The molecule has 1 fully saturated rings. The fraction of sp³-hybridized carbons (Fsp3) is 0.500. The molecule has 0 aliphatic heterocycles. The summed E-state index contributed by atoms with van der Waals surface area (Å²) >= 11 is 0. The molecule has 1 heteroatoms. The average Bonchev–Trinajstić information content (AvgIpc) is 2.79. The minimum atomic E-state index is -0.0403. The monoisotopic (exact) mass is 202 g/mol. The van der Waals surface area contributed by atoms with Crippen molar-refractivity contribution in [3.8, 4) is 0 Å². The van der Waals surface area contributed by atoms with Crippen LogP contribution >= 0.6 is 0 Å². The van der Waals surface area contributed by atoms with Gasteiger partial charge in [-0.25, -0.2) is 0 Å². The van der Waals surface area contributed by atoms with Crippen LogP contribution in [0, 0.1) is 5.41 Å². The Morgan fingerprint density at radius 3 is 2.33 bits per heavy atom. The zero-order valence-electron chi connectivity index (χ0n) is 9.33. The van der Waals surface area contributed by atoms with E-state index >= 15 is 0 Å². The van der Waals surface area contributed by atoms with Crippen molar-refractivity contribution in [2.24, 2.45) is 5.41 Å². The summed E-state index contributed by atoms with van der Waals surface area (Å²) in [6.45, 7) is 2.14. The Morgan fingerprint density at radius 1 is 1.20 bits per heavy atom. The minimum Gasteiger partial charge on any atom is -0.294 e. The van der Waals surface area contributed by atoms with E-state index in [1.807, 2.05) is 30.3 Å². The van der Waals surface area contributed by atoms with Crippen molar-refractivity contribution in [1.82, 2.24) is 0 Å². The van der Waals surface area contributed by atoms with Gasteiger partial charge in [0, 0.05) is 11.0 Å². The maximum Gasteiger partial charge on any atom is 0.168 e. The molecule has 1 aromatic rings. The summed E-state index contributed by atoms with van der Waals surface area (Å²) in [5, 5.41) is 0. The normalized spacial score (nSPS) is 19.0. The van der Waals surface area contributed by atoms with Crippen LogP contribution in [0.3, 0.4) is 0 Å². The lowest BCUT2D eigenvalue weighted by atomic mass is 9.76. The van der Waals surface area contributed by atoms with Gasteiger partial charge in [-0.15, -0.1) is 0 Å². The van der Waals surface area contributed by atoms with Crippen LogP contribution in [0.1, 0.15) is 49.4 Å². The molecule has 1 aromatic carbocycles. The zero-order valence-corrected chi connectivity index (χ0v) is 9.33. The molecule has 0 unspecified atom stereocenters. The second-order valence-corrected chi connectivity index (χ2v) is 4.54. The highest BCUT2D eigenvalue weighted by Crippen LogP contribution is 2.43. The summed E-state index contributed by atoms with van der Waals surface area (Å²) in [5.41, 5.74) is 0.850. The van der Waals surface area contributed by atoms with E-state index in [2.05, 4.69) is 6.92 Å². The highest BCUT2D eigenvalue weighted by Gasteiger charge is 2.39. The topological polar surface area (TPSA) is 17.1 Å². The molecule has 1 nitrogen and oxygen atoms in total. The van der Waals surface area contributed by atoms with Crippen molar-refractivity contribution >= 4 is 5.78 Å². The summed E-state index contributed by atoms with van der Waals surface area (Å²) in [5.74, 6) is 0.364. The maximum atomic E-state index is 12.4. The molecule has 1 saturated carbocycles. The van der Waals surface area contributed by atoms with Crippen LogP contribution in [0.2, 0.25) is 0 Å². The second kappa shape index (κ2) is 4.18. The third kappa shape index (κ3) is 1.83. The molecule has 0 amide bonds. The molecule has 0 spiro atoms. The van der Waals surface area contributed by atoms with E-state index in [9.17, 15) is 4.79 Å². The van der Waals surface area contributed by atoms with E-state index in [4.69, 9.17) is 0 Å². The molecular weight excluding hydrogens is 184 g/mol. The highest BCUT2D eigenvalue weighted by molar-refractivity contribution is 6.00. The van der Waals surface area contributed by atoms with Gasteiger partial charge >= 0.3 is 0 Å². The lowest BCUT2D eigenvalue weighted by molar-refractivity contribution is 0.0791. The SMILES string of the molecule is CCC1(C(=O)c2ccccc2)CCCC1. The fourth-order valence-electron chi connectivity index (χ4n) is 2.69. The molecule has 1 aliphatic rings. The molecular formula is C14H18O. The third-order valence-corrected chi connectivity index (χ3v) is 3.76. The Labute approximate surface area is 91.5 Å². The molecule has 0 bridgehead atoms. The largest absolute Gasteiger partial charge is 0.294 e. The van der Waals surface area contributed by atoms with Crippen molar-refractivity contribution in [3.63, 3.8) is 0 Å². The Hall–Kier alpha value is -1.11. The summed E-state index contributed by atoms with van der Waals surface area (Å²) in [6, 6.07) is 9.75. The van der Waals surface area contributed by atoms with Crippen LogP contribution in [0.25, 0.3) is 0 Å². The molecule has 0 atom stereocenters. The van der Waals surface area contributed by atoms with E-state index in [0.717, 1.165) is 24.8 Å². The van der Waals surface area contributed by atoms with Gasteiger partial charge in [0.15, 0.2) is 5.78 Å². The van der Waals surface area contributed by atoms with Gasteiger partial charge in [0.1, 0.15) is 0 Å². The van der Waals surface area contributed by atoms with Crippen molar-refractivity contribution in [1.29, 1.82) is 0 Å². The van der Waals surface area contributed by atoms with Gasteiger partial charge in [0.05, 0.1) is 0 Å². The zero-order chi connectivity index (χ0) is 10.7. The Bertz CT molecular complexity index is 334. The minimum absolute atomic E-state index is 0.0403. The van der Waals surface area contributed by atoms with Crippen LogP contribution < -0.4 is 0 Å². The first kappa shape index (κ1) is 10.4. The predicted octanol–water partition coefficient (Wildman–Crippen LogP) is 3.84. The summed E-state index contributed by atoms with van der Waals surface area (Å²) in [6.07, 6.45) is 5.58. The standard InChI is InChI=1S/C14H18O/c1-2-14(10-6-7-11-14)13(15)12-8-4-3-5-9-12/h3-5,8-9H,2,6-7,10-11H2,1H3. The smallest absolute Gasteiger partial charge is 0.168 e. The average molecular weight is 202 g/mol. The maximum absolute atomic E-state index is 12.4. The number of benzene rings is 1. The molecule has 1 aliphatic carbocycles. The van der Waals surface area contributed by atoms with E-state index in [0.29, 0.717) is 5.78 Å². The van der Waals surface area contributed by atoms with Gasteiger partial charge in [-0.2, -0.15) is 0 Å². The van der Waals surface area contributed by atoms with Gasteiger partial charge in [0.25, 0.3) is 0 Å². The molecule has 0 radical (unpaired) electrons.